The monoisotopic (exact) mass is 315 g/mol. The van der Waals surface area contributed by atoms with Crippen LogP contribution in [0.3, 0.4) is 0 Å². The Balaban J connectivity index is 2.11. The van der Waals surface area contributed by atoms with Crippen molar-refractivity contribution in [3.8, 4) is 5.75 Å². The normalized spacial score (nSPS) is 30.9. The van der Waals surface area contributed by atoms with Gasteiger partial charge < -0.3 is 10.1 Å². The Labute approximate surface area is 116 Å². The first-order valence-electron chi connectivity index (χ1n) is 6.29. The highest BCUT2D eigenvalue weighted by atomic mass is 79.9. The molecule has 0 bridgehead atoms. The van der Waals surface area contributed by atoms with Gasteiger partial charge in [0.2, 0.25) is 0 Å². The van der Waals surface area contributed by atoms with Gasteiger partial charge in [0.25, 0.3) is 0 Å². The van der Waals surface area contributed by atoms with Crippen LogP contribution in [0, 0.1) is 11.2 Å². The number of rotatable bonds is 4. The Hall–Kier alpha value is -0.610. The van der Waals surface area contributed by atoms with Crippen molar-refractivity contribution in [2.45, 2.75) is 38.8 Å². The van der Waals surface area contributed by atoms with Crippen molar-refractivity contribution in [3.63, 3.8) is 0 Å². The molecule has 1 saturated carbocycles. The molecule has 1 aliphatic carbocycles. The van der Waals surface area contributed by atoms with Crippen LogP contribution in [0.15, 0.2) is 22.7 Å². The van der Waals surface area contributed by atoms with Crippen LogP contribution in [-0.2, 0) is 0 Å². The van der Waals surface area contributed by atoms with Crippen LogP contribution in [0.2, 0.25) is 0 Å². The summed E-state index contributed by atoms with van der Waals surface area (Å²) >= 11 is 3.28. The maximum atomic E-state index is 13.3. The van der Waals surface area contributed by atoms with E-state index in [9.17, 15) is 4.39 Å². The van der Waals surface area contributed by atoms with Gasteiger partial charge in [0.15, 0.2) is 0 Å². The molecule has 2 rings (SSSR count). The molecule has 18 heavy (non-hydrogen) atoms. The summed E-state index contributed by atoms with van der Waals surface area (Å²) in [6.45, 7) is 4.39. The minimum absolute atomic E-state index is 0.119. The summed E-state index contributed by atoms with van der Waals surface area (Å²) in [6.07, 6.45) is 2.16. The van der Waals surface area contributed by atoms with Crippen LogP contribution in [0.1, 0.15) is 26.7 Å². The minimum atomic E-state index is -0.276. The molecule has 1 fully saturated rings. The Kier molecular flexibility index (Phi) is 3.97. The first kappa shape index (κ1) is 13.8. The molecule has 1 aromatic rings. The Morgan fingerprint density at radius 1 is 1.50 bits per heavy atom. The molecule has 0 aliphatic heterocycles. The molecule has 1 aliphatic rings. The first-order valence-corrected chi connectivity index (χ1v) is 7.09. The van der Waals surface area contributed by atoms with Crippen molar-refractivity contribution in [2.75, 3.05) is 7.05 Å². The number of hydrogen-bond acceptors (Lipinski definition) is 2. The van der Waals surface area contributed by atoms with E-state index >= 15 is 0 Å². The highest BCUT2D eigenvalue weighted by molar-refractivity contribution is 9.10. The number of nitrogens with one attached hydrogen (secondary N) is 1. The molecule has 0 spiro atoms. The third kappa shape index (κ3) is 2.41. The highest BCUT2D eigenvalue weighted by Gasteiger charge is 2.51. The van der Waals surface area contributed by atoms with Gasteiger partial charge in [-0.05, 0) is 25.6 Å². The van der Waals surface area contributed by atoms with Crippen LogP contribution >= 0.6 is 15.9 Å². The average Bonchev–Trinajstić information content (AvgIpc) is 2.31. The van der Waals surface area contributed by atoms with E-state index in [1.54, 1.807) is 0 Å². The molecule has 0 heterocycles. The molecule has 0 amide bonds. The Morgan fingerprint density at radius 3 is 2.78 bits per heavy atom. The largest absolute Gasteiger partial charge is 0.490 e. The van der Waals surface area contributed by atoms with E-state index in [4.69, 9.17) is 4.74 Å². The second-order valence-electron chi connectivity index (χ2n) is 5.15. The molecular formula is C14H19BrFNO. The quantitative estimate of drug-likeness (QED) is 0.913. The van der Waals surface area contributed by atoms with Gasteiger partial charge in [0, 0.05) is 28.4 Å². The molecule has 3 unspecified atom stereocenters. The van der Waals surface area contributed by atoms with Crippen molar-refractivity contribution >= 4 is 15.9 Å². The van der Waals surface area contributed by atoms with Crippen molar-refractivity contribution in [1.29, 1.82) is 0 Å². The fourth-order valence-corrected chi connectivity index (χ4v) is 3.13. The second-order valence-corrected chi connectivity index (χ2v) is 6.06. The van der Waals surface area contributed by atoms with Crippen molar-refractivity contribution in [2.24, 2.45) is 5.41 Å². The Bertz CT molecular complexity index is 420. The number of benzene rings is 1. The molecule has 2 nitrogen and oxygen atoms in total. The van der Waals surface area contributed by atoms with E-state index in [1.165, 1.54) is 12.1 Å². The van der Waals surface area contributed by atoms with Gasteiger partial charge in [-0.15, -0.1) is 0 Å². The molecule has 1 aromatic carbocycles. The summed E-state index contributed by atoms with van der Waals surface area (Å²) in [4.78, 5) is 0. The van der Waals surface area contributed by atoms with Crippen LogP contribution in [0.5, 0.6) is 5.75 Å². The van der Waals surface area contributed by atoms with E-state index in [-0.39, 0.29) is 17.3 Å². The molecule has 0 radical (unpaired) electrons. The van der Waals surface area contributed by atoms with Crippen LogP contribution in [0.25, 0.3) is 0 Å². The molecule has 0 aromatic heterocycles. The number of hydrogen-bond donors (Lipinski definition) is 1. The summed E-state index contributed by atoms with van der Waals surface area (Å²) in [5, 5.41) is 3.32. The molecule has 100 valence electrons. The minimum Gasteiger partial charge on any atom is -0.490 e. The number of halogens is 2. The van der Waals surface area contributed by atoms with E-state index in [1.807, 2.05) is 13.1 Å². The molecule has 1 N–H and O–H groups in total. The van der Waals surface area contributed by atoms with Crippen LogP contribution in [0.4, 0.5) is 4.39 Å². The smallest absolute Gasteiger partial charge is 0.128 e. The summed E-state index contributed by atoms with van der Waals surface area (Å²) in [5.41, 5.74) is 0.119. The van der Waals surface area contributed by atoms with E-state index in [0.717, 1.165) is 12.8 Å². The molecule has 3 atom stereocenters. The van der Waals surface area contributed by atoms with E-state index < -0.39 is 0 Å². The van der Waals surface area contributed by atoms with Crippen molar-refractivity contribution < 1.29 is 9.13 Å². The van der Waals surface area contributed by atoms with Gasteiger partial charge in [0.1, 0.15) is 17.7 Å². The summed E-state index contributed by atoms with van der Waals surface area (Å²) < 4.78 is 19.9. The zero-order valence-corrected chi connectivity index (χ0v) is 12.6. The first-order chi connectivity index (χ1) is 8.49. The Morgan fingerprint density at radius 2 is 2.22 bits per heavy atom. The lowest BCUT2D eigenvalue weighted by Gasteiger charge is -2.53. The molecule has 4 heteroatoms. The maximum absolute atomic E-state index is 13.3. The van der Waals surface area contributed by atoms with Gasteiger partial charge in [0.05, 0.1) is 0 Å². The van der Waals surface area contributed by atoms with Gasteiger partial charge in [-0.2, -0.15) is 0 Å². The standard InChI is InChI=1S/C14H19BrFNO/c1-4-14(2)12(17-3)8-13(14)18-11-6-9(15)5-10(16)7-11/h5-7,12-13,17H,4,8H2,1-3H3. The topological polar surface area (TPSA) is 21.3 Å². The van der Waals surface area contributed by atoms with E-state index in [2.05, 4.69) is 35.1 Å². The summed E-state index contributed by atoms with van der Waals surface area (Å²) in [6, 6.07) is 5.16. The fourth-order valence-electron chi connectivity index (χ4n) is 2.68. The summed E-state index contributed by atoms with van der Waals surface area (Å²) in [5.74, 6) is 0.322. The third-order valence-electron chi connectivity index (χ3n) is 4.21. The lowest BCUT2D eigenvalue weighted by atomic mass is 9.61. The third-order valence-corrected chi connectivity index (χ3v) is 4.66. The molecular weight excluding hydrogens is 297 g/mol. The SMILES string of the molecule is CCC1(C)C(NC)CC1Oc1cc(F)cc(Br)c1. The zero-order valence-electron chi connectivity index (χ0n) is 11.0. The van der Waals surface area contributed by atoms with Gasteiger partial charge in [-0.3, -0.25) is 0 Å². The fraction of sp³-hybridized carbons (Fsp3) is 0.571. The lowest BCUT2D eigenvalue weighted by molar-refractivity contribution is -0.0678. The lowest BCUT2D eigenvalue weighted by Crippen LogP contribution is -2.62. The van der Waals surface area contributed by atoms with Crippen molar-refractivity contribution in [3.05, 3.63) is 28.5 Å². The molecule has 0 saturated heterocycles. The maximum Gasteiger partial charge on any atom is 0.128 e. The van der Waals surface area contributed by atoms with Crippen LogP contribution < -0.4 is 10.1 Å². The zero-order chi connectivity index (χ0) is 13.3. The van der Waals surface area contributed by atoms with Gasteiger partial charge >= 0.3 is 0 Å². The summed E-state index contributed by atoms with van der Waals surface area (Å²) in [7, 11) is 1.98. The predicted octanol–water partition coefficient (Wildman–Crippen LogP) is 3.74. The van der Waals surface area contributed by atoms with Gasteiger partial charge in [-0.25, -0.2) is 4.39 Å². The highest BCUT2D eigenvalue weighted by Crippen LogP contribution is 2.46. The van der Waals surface area contributed by atoms with Crippen molar-refractivity contribution in [1.82, 2.24) is 5.32 Å². The number of ether oxygens (including phenoxy) is 1. The predicted molar refractivity (Wildman–Crippen MR) is 74.4 cm³/mol. The van der Waals surface area contributed by atoms with Crippen LogP contribution in [-0.4, -0.2) is 19.2 Å². The average molecular weight is 316 g/mol. The van der Waals surface area contributed by atoms with Gasteiger partial charge in [-0.1, -0.05) is 29.8 Å². The van der Waals surface area contributed by atoms with E-state index in [0.29, 0.717) is 16.3 Å². The second kappa shape index (κ2) is 5.17.